The van der Waals surface area contributed by atoms with Gasteiger partial charge in [-0.1, -0.05) is 6.92 Å². The van der Waals surface area contributed by atoms with Gasteiger partial charge in [-0.3, -0.25) is 9.89 Å². The van der Waals surface area contributed by atoms with Gasteiger partial charge in [-0.25, -0.2) is 15.0 Å². The Morgan fingerprint density at radius 1 is 1.13 bits per heavy atom. The van der Waals surface area contributed by atoms with Gasteiger partial charge in [0, 0.05) is 77.1 Å². The summed E-state index contributed by atoms with van der Waals surface area (Å²) >= 11 is 0. The van der Waals surface area contributed by atoms with Crippen LogP contribution >= 0.6 is 0 Å². The molecule has 2 aliphatic rings. The summed E-state index contributed by atoms with van der Waals surface area (Å²) in [4.78, 5) is 25.1. The van der Waals surface area contributed by atoms with Crippen molar-refractivity contribution >= 4 is 11.9 Å². The first-order chi connectivity index (χ1) is 15.2. The number of rotatable bonds is 6. The van der Waals surface area contributed by atoms with Crippen molar-refractivity contribution in [2.75, 3.05) is 63.8 Å². The third-order valence-corrected chi connectivity index (χ3v) is 6.35. The molecule has 0 bridgehead atoms. The second-order valence-electron chi connectivity index (χ2n) is 8.40. The Kier molecular flexibility index (Phi) is 7.35. The third-order valence-electron chi connectivity index (χ3n) is 6.35. The van der Waals surface area contributed by atoms with Crippen molar-refractivity contribution in [3.63, 3.8) is 0 Å². The Hall–Kier alpha value is -2.68. The smallest absolute Gasteiger partial charge is 0.225 e. The highest BCUT2D eigenvalue weighted by molar-refractivity contribution is 5.80. The summed E-state index contributed by atoms with van der Waals surface area (Å²) in [5.41, 5.74) is 0. The van der Waals surface area contributed by atoms with Gasteiger partial charge in [0.25, 0.3) is 0 Å². The van der Waals surface area contributed by atoms with E-state index >= 15 is 0 Å². The lowest BCUT2D eigenvalue weighted by Gasteiger charge is -2.39. The number of nitrogens with one attached hydrogen (secondary N) is 1. The van der Waals surface area contributed by atoms with Gasteiger partial charge in [-0.2, -0.15) is 0 Å². The molecule has 0 amide bonds. The molecule has 2 aromatic heterocycles. The molecule has 1 N–H and O–H groups in total. The summed E-state index contributed by atoms with van der Waals surface area (Å²) < 4.78 is 2.25. The molecular weight excluding hydrogens is 390 g/mol. The Labute approximate surface area is 185 Å². The number of guanidine groups is 1. The van der Waals surface area contributed by atoms with Crippen LogP contribution in [0.1, 0.15) is 26.3 Å². The highest BCUT2D eigenvalue weighted by Crippen LogP contribution is 2.27. The lowest BCUT2D eigenvalue weighted by Crippen LogP contribution is -2.49. The SMILES string of the molecule is CCNC(=NCCN1CCN(c2ncccn2)CC1)N1CCC(C)C(n2ccnc2)C1. The van der Waals surface area contributed by atoms with E-state index in [-0.39, 0.29) is 0 Å². The van der Waals surface area contributed by atoms with Crippen LogP contribution in [0.4, 0.5) is 5.95 Å². The summed E-state index contributed by atoms with van der Waals surface area (Å²) in [5, 5.41) is 3.51. The normalized spacial score (nSPS) is 23.2. The molecule has 9 heteroatoms. The van der Waals surface area contributed by atoms with Crippen molar-refractivity contribution < 1.29 is 0 Å². The van der Waals surface area contributed by atoms with Crippen molar-refractivity contribution in [3.8, 4) is 0 Å². The van der Waals surface area contributed by atoms with Crippen molar-refractivity contribution in [1.29, 1.82) is 0 Å². The third kappa shape index (κ3) is 5.52. The maximum absolute atomic E-state index is 4.98. The lowest BCUT2D eigenvalue weighted by molar-refractivity contribution is 0.188. The monoisotopic (exact) mass is 425 g/mol. The van der Waals surface area contributed by atoms with E-state index in [0.29, 0.717) is 12.0 Å². The van der Waals surface area contributed by atoms with Crippen LogP contribution in [0.25, 0.3) is 0 Å². The molecule has 2 fully saturated rings. The summed E-state index contributed by atoms with van der Waals surface area (Å²) in [6.07, 6.45) is 10.7. The van der Waals surface area contributed by atoms with Crippen LogP contribution < -0.4 is 10.2 Å². The first kappa shape index (κ1) is 21.5. The number of aromatic nitrogens is 4. The standard InChI is InChI=1S/C22H35N9/c1-3-24-21(30-10-5-19(2)20(17-30)31-12-8-23-18-31)27-9-11-28-13-15-29(16-14-28)22-25-6-4-7-26-22/h4,6-8,12,18-20H,3,5,9-11,13-17H2,1-2H3,(H,24,27). The van der Waals surface area contributed by atoms with Gasteiger partial charge in [0.2, 0.25) is 5.95 Å². The average molecular weight is 426 g/mol. The minimum atomic E-state index is 0.438. The maximum atomic E-state index is 4.98. The van der Waals surface area contributed by atoms with Crippen LogP contribution in [0.2, 0.25) is 0 Å². The number of hydrogen-bond acceptors (Lipinski definition) is 6. The van der Waals surface area contributed by atoms with Gasteiger partial charge in [0.15, 0.2) is 5.96 Å². The van der Waals surface area contributed by atoms with E-state index in [1.807, 2.05) is 31.0 Å². The molecule has 0 radical (unpaired) electrons. The molecule has 2 atom stereocenters. The van der Waals surface area contributed by atoms with Crippen LogP contribution in [-0.2, 0) is 0 Å². The Balaban J connectivity index is 1.29. The van der Waals surface area contributed by atoms with E-state index in [9.17, 15) is 0 Å². The second-order valence-corrected chi connectivity index (χ2v) is 8.40. The summed E-state index contributed by atoms with van der Waals surface area (Å²) in [7, 11) is 0. The summed E-state index contributed by atoms with van der Waals surface area (Å²) in [6.45, 7) is 13.1. The zero-order valence-electron chi connectivity index (χ0n) is 18.8. The first-order valence-corrected chi connectivity index (χ1v) is 11.5. The predicted octanol–water partition coefficient (Wildman–Crippen LogP) is 1.34. The van der Waals surface area contributed by atoms with E-state index in [2.05, 4.69) is 59.6 Å². The van der Waals surface area contributed by atoms with E-state index in [1.54, 1.807) is 0 Å². The number of nitrogens with zero attached hydrogens (tertiary/aromatic N) is 8. The van der Waals surface area contributed by atoms with Crippen LogP contribution in [0, 0.1) is 5.92 Å². The summed E-state index contributed by atoms with van der Waals surface area (Å²) in [5.74, 6) is 2.51. The van der Waals surface area contributed by atoms with Crippen LogP contribution in [-0.4, -0.2) is 94.2 Å². The molecule has 0 saturated carbocycles. The van der Waals surface area contributed by atoms with Gasteiger partial charge < -0.3 is 19.7 Å². The number of likely N-dealkylation sites (tertiary alicyclic amines) is 1. The van der Waals surface area contributed by atoms with Gasteiger partial charge in [0.05, 0.1) is 18.9 Å². The molecule has 9 nitrogen and oxygen atoms in total. The van der Waals surface area contributed by atoms with E-state index < -0.39 is 0 Å². The number of piperidine rings is 1. The van der Waals surface area contributed by atoms with Crippen LogP contribution in [0.3, 0.4) is 0 Å². The number of hydrogen-bond donors (Lipinski definition) is 1. The van der Waals surface area contributed by atoms with Crippen LogP contribution in [0.5, 0.6) is 0 Å². The fraction of sp³-hybridized carbons (Fsp3) is 0.636. The number of piperazine rings is 1. The average Bonchev–Trinajstić information content (AvgIpc) is 3.35. The molecule has 0 spiro atoms. The van der Waals surface area contributed by atoms with E-state index in [4.69, 9.17) is 4.99 Å². The molecule has 0 aliphatic carbocycles. The summed E-state index contributed by atoms with van der Waals surface area (Å²) in [6, 6.07) is 2.30. The molecule has 0 aromatic carbocycles. The highest BCUT2D eigenvalue weighted by Gasteiger charge is 2.29. The largest absolute Gasteiger partial charge is 0.357 e. The fourth-order valence-corrected chi connectivity index (χ4v) is 4.44. The fourth-order valence-electron chi connectivity index (χ4n) is 4.44. The number of imidazole rings is 1. The first-order valence-electron chi connectivity index (χ1n) is 11.5. The minimum absolute atomic E-state index is 0.438. The zero-order chi connectivity index (χ0) is 21.5. The molecular formula is C22H35N9. The van der Waals surface area contributed by atoms with Gasteiger partial charge >= 0.3 is 0 Å². The van der Waals surface area contributed by atoms with E-state index in [0.717, 1.165) is 77.2 Å². The molecule has 4 heterocycles. The molecule has 2 unspecified atom stereocenters. The zero-order valence-corrected chi connectivity index (χ0v) is 18.8. The van der Waals surface area contributed by atoms with Crippen LogP contribution in [0.15, 0.2) is 42.2 Å². The van der Waals surface area contributed by atoms with Gasteiger partial charge in [-0.15, -0.1) is 0 Å². The quantitative estimate of drug-likeness (QED) is 0.553. The topological polar surface area (TPSA) is 77.7 Å². The molecule has 2 aromatic rings. The molecule has 2 aliphatic heterocycles. The second kappa shape index (κ2) is 10.6. The van der Waals surface area contributed by atoms with Gasteiger partial charge in [-0.05, 0) is 25.3 Å². The lowest BCUT2D eigenvalue weighted by atomic mass is 9.93. The Morgan fingerprint density at radius 2 is 1.94 bits per heavy atom. The Bertz CT molecular complexity index is 800. The molecule has 4 rings (SSSR count). The van der Waals surface area contributed by atoms with Crippen molar-refractivity contribution in [3.05, 3.63) is 37.2 Å². The molecule has 168 valence electrons. The van der Waals surface area contributed by atoms with E-state index in [1.165, 1.54) is 0 Å². The highest BCUT2D eigenvalue weighted by atomic mass is 15.3. The number of anilines is 1. The Morgan fingerprint density at radius 3 is 2.65 bits per heavy atom. The minimum Gasteiger partial charge on any atom is -0.357 e. The van der Waals surface area contributed by atoms with Gasteiger partial charge in [0.1, 0.15) is 0 Å². The predicted molar refractivity (Wildman–Crippen MR) is 123 cm³/mol. The van der Waals surface area contributed by atoms with Crippen molar-refractivity contribution in [1.82, 2.24) is 34.6 Å². The number of aliphatic imine (C=N–C) groups is 1. The maximum Gasteiger partial charge on any atom is 0.225 e. The molecule has 31 heavy (non-hydrogen) atoms. The van der Waals surface area contributed by atoms with Crippen molar-refractivity contribution in [2.24, 2.45) is 10.9 Å². The van der Waals surface area contributed by atoms with Crippen molar-refractivity contribution in [2.45, 2.75) is 26.3 Å². The molecule has 2 saturated heterocycles.